The maximum atomic E-state index is 12.1. The Labute approximate surface area is 153 Å². The monoisotopic (exact) mass is 352 g/mol. The van der Waals surface area contributed by atoms with Crippen LogP contribution in [0.3, 0.4) is 0 Å². The quantitative estimate of drug-likeness (QED) is 0.668. The lowest BCUT2D eigenvalue weighted by Gasteiger charge is -2.12. The third-order valence-electron chi connectivity index (χ3n) is 4.36. The lowest BCUT2D eigenvalue weighted by molar-refractivity contribution is -0.124. The van der Waals surface area contributed by atoms with Crippen LogP contribution in [0.15, 0.2) is 48.5 Å². The SMILES string of the molecule is Cc1cccc(NC(=O)Nc2cccc(CNC(=O)C3CCNC3)c2)c1. The minimum absolute atomic E-state index is 0.0522. The molecule has 2 aromatic carbocycles. The number of carbonyl (C=O) groups excluding carboxylic acids is 2. The average Bonchev–Trinajstić information content (AvgIpc) is 3.14. The van der Waals surface area contributed by atoms with Crippen molar-refractivity contribution in [3.8, 4) is 0 Å². The molecule has 1 fully saturated rings. The minimum Gasteiger partial charge on any atom is -0.352 e. The molecule has 0 aromatic heterocycles. The maximum Gasteiger partial charge on any atom is 0.323 e. The second kappa shape index (κ2) is 8.49. The Bertz CT molecular complexity index is 785. The third-order valence-corrected chi connectivity index (χ3v) is 4.36. The van der Waals surface area contributed by atoms with E-state index < -0.39 is 0 Å². The summed E-state index contributed by atoms with van der Waals surface area (Å²) in [5, 5.41) is 11.8. The van der Waals surface area contributed by atoms with Crippen LogP contribution in [0.25, 0.3) is 0 Å². The molecule has 3 amide bonds. The van der Waals surface area contributed by atoms with Crippen molar-refractivity contribution >= 4 is 23.3 Å². The van der Waals surface area contributed by atoms with Gasteiger partial charge >= 0.3 is 6.03 Å². The number of carbonyl (C=O) groups is 2. The van der Waals surface area contributed by atoms with Crippen molar-refractivity contribution < 1.29 is 9.59 Å². The van der Waals surface area contributed by atoms with E-state index in [9.17, 15) is 9.59 Å². The van der Waals surface area contributed by atoms with Crippen LogP contribution in [0.1, 0.15) is 17.5 Å². The smallest absolute Gasteiger partial charge is 0.323 e. The first kappa shape index (κ1) is 17.9. The van der Waals surface area contributed by atoms with Gasteiger partial charge in [-0.15, -0.1) is 0 Å². The highest BCUT2D eigenvalue weighted by Crippen LogP contribution is 2.14. The van der Waals surface area contributed by atoms with Crippen molar-refractivity contribution in [1.29, 1.82) is 0 Å². The predicted molar refractivity (Wildman–Crippen MR) is 103 cm³/mol. The highest BCUT2D eigenvalue weighted by molar-refractivity contribution is 5.99. The van der Waals surface area contributed by atoms with Crippen LogP contribution in [-0.2, 0) is 11.3 Å². The van der Waals surface area contributed by atoms with E-state index in [1.807, 2.05) is 55.5 Å². The van der Waals surface area contributed by atoms with Gasteiger partial charge in [-0.3, -0.25) is 4.79 Å². The molecule has 2 aromatic rings. The van der Waals surface area contributed by atoms with Crippen LogP contribution < -0.4 is 21.3 Å². The summed E-state index contributed by atoms with van der Waals surface area (Å²) in [6.45, 7) is 4.06. The molecule has 0 bridgehead atoms. The standard InChI is InChI=1S/C20H24N4O2/c1-14-4-2-6-17(10-14)23-20(26)24-18-7-3-5-15(11-18)12-22-19(25)16-8-9-21-13-16/h2-7,10-11,16,21H,8-9,12-13H2,1H3,(H,22,25)(H2,23,24,26). The Morgan fingerprint density at radius 2 is 1.81 bits per heavy atom. The van der Waals surface area contributed by atoms with Crippen molar-refractivity contribution in [2.45, 2.75) is 19.9 Å². The van der Waals surface area contributed by atoms with Crippen LogP contribution in [-0.4, -0.2) is 25.0 Å². The Hall–Kier alpha value is -2.86. The van der Waals surface area contributed by atoms with E-state index in [0.717, 1.165) is 36.3 Å². The van der Waals surface area contributed by atoms with E-state index in [0.29, 0.717) is 12.2 Å². The van der Waals surface area contributed by atoms with E-state index >= 15 is 0 Å². The highest BCUT2D eigenvalue weighted by Gasteiger charge is 2.21. The van der Waals surface area contributed by atoms with Gasteiger partial charge in [-0.1, -0.05) is 24.3 Å². The molecule has 0 aliphatic carbocycles. The predicted octanol–water partition coefficient (Wildman–Crippen LogP) is 2.86. The van der Waals surface area contributed by atoms with Crippen LogP contribution >= 0.6 is 0 Å². The molecule has 1 heterocycles. The van der Waals surface area contributed by atoms with Crippen molar-refractivity contribution in [1.82, 2.24) is 10.6 Å². The number of rotatable bonds is 5. The first-order chi connectivity index (χ1) is 12.6. The molecule has 1 saturated heterocycles. The van der Waals surface area contributed by atoms with Crippen LogP contribution in [0.5, 0.6) is 0 Å². The zero-order valence-electron chi connectivity index (χ0n) is 14.8. The summed E-state index contributed by atoms with van der Waals surface area (Å²) in [7, 11) is 0. The summed E-state index contributed by atoms with van der Waals surface area (Å²) >= 11 is 0. The first-order valence-electron chi connectivity index (χ1n) is 8.82. The zero-order chi connectivity index (χ0) is 18.4. The Balaban J connectivity index is 1.53. The number of hydrogen-bond acceptors (Lipinski definition) is 3. The van der Waals surface area contributed by atoms with E-state index in [1.165, 1.54) is 0 Å². The fourth-order valence-electron chi connectivity index (χ4n) is 2.99. The fourth-order valence-corrected chi connectivity index (χ4v) is 2.99. The van der Waals surface area contributed by atoms with Gasteiger partial charge in [-0.25, -0.2) is 4.79 Å². The van der Waals surface area contributed by atoms with Gasteiger partial charge in [0.25, 0.3) is 0 Å². The summed E-state index contributed by atoms with van der Waals surface area (Å²) in [6.07, 6.45) is 0.882. The molecule has 1 aliphatic rings. The van der Waals surface area contributed by atoms with Gasteiger partial charge in [-0.2, -0.15) is 0 Å². The second-order valence-electron chi connectivity index (χ2n) is 6.56. The van der Waals surface area contributed by atoms with Crippen LogP contribution in [0, 0.1) is 12.8 Å². The third kappa shape index (κ3) is 5.07. The van der Waals surface area contributed by atoms with Gasteiger partial charge in [-0.05, 0) is 55.3 Å². The molecule has 0 saturated carbocycles. The zero-order valence-corrected chi connectivity index (χ0v) is 14.8. The topological polar surface area (TPSA) is 82.3 Å². The van der Waals surface area contributed by atoms with Gasteiger partial charge in [0.05, 0.1) is 5.92 Å². The van der Waals surface area contributed by atoms with Gasteiger partial charge in [0.2, 0.25) is 5.91 Å². The molecule has 136 valence electrons. The number of nitrogens with one attached hydrogen (secondary N) is 4. The van der Waals surface area contributed by atoms with Crippen LogP contribution in [0.4, 0.5) is 16.2 Å². The maximum absolute atomic E-state index is 12.1. The lowest BCUT2D eigenvalue weighted by atomic mass is 10.1. The molecule has 1 unspecified atom stereocenters. The van der Waals surface area contributed by atoms with E-state index in [4.69, 9.17) is 0 Å². The van der Waals surface area contributed by atoms with E-state index in [1.54, 1.807) is 0 Å². The summed E-state index contributed by atoms with van der Waals surface area (Å²) in [6, 6.07) is 14.8. The van der Waals surface area contributed by atoms with E-state index in [2.05, 4.69) is 21.3 Å². The summed E-state index contributed by atoms with van der Waals surface area (Å²) < 4.78 is 0. The van der Waals surface area contributed by atoms with E-state index in [-0.39, 0.29) is 17.9 Å². The second-order valence-corrected chi connectivity index (χ2v) is 6.56. The number of anilines is 2. The van der Waals surface area contributed by atoms with Crippen molar-refractivity contribution in [3.05, 3.63) is 59.7 Å². The molecule has 1 aliphatic heterocycles. The highest BCUT2D eigenvalue weighted by atomic mass is 16.2. The normalized spacial score (nSPS) is 16.1. The Morgan fingerprint density at radius 1 is 1.08 bits per heavy atom. The number of amides is 3. The van der Waals surface area contributed by atoms with Gasteiger partial charge in [0.15, 0.2) is 0 Å². The summed E-state index contributed by atoms with van der Waals surface area (Å²) in [4.78, 5) is 24.2. The summed E-state index contributed by atoms with van der Waals surface area (Å²) in [5.74, 6) is 0.127. The fraction of sp³-hybridized carbons (Fsp3) is 0.300. The number of urea groups is 1. The average molecular weight is 352 g/mol. The molecule has 0 radical (unpaired) electrons. The number of hydrogen-bond donors (Lipinski definition) is 4. The molecular formula is C20H24N4O2. The molecule has 26 heavy (non-hydrogen) atoms. The van der Waals surface area contributed by atoms with Crippen LogP contribution in [0.2, 0.25) is 0 Å². The van der Waals surface area contributed by atoms with Gasteiger partial charge in [0.1, 0.15) is 0 Å². The van der Waals surface area contributed by atoms with Crippen molar-refractivity contribution in [3.63, 3.8) is 0 Å². The molecule has 1 atom stereocenters. The lowest BCUT2D eigenvalue weighted by Crippen LogP contribution is -2.31. The molecule has 0 spiro atoms. The molecule has 3 rings (SSSR count). The minimum atomic E-state index is -0.297. The largest absolute Gasteiger partial charge is 0.352 e. The van der Waals surface area contributed by atoms with Crippen molar-refractivity contribution in [2.24, 2.45) is 5.92 Å². The first-order valence-corrected chi connectivity index (χ1v) is 8.82. The number of aryl methyl sites for hydroxylation is 1. The molecular weight excluding hydrogens is 328 g/mol. The Morgan fingerprint density at radius 3 is 2.50 bits per heavy atom. The van der Waals surface area contributed by atoms with Gasteiger partial charge in [0, 0.05) is 24.5 Å². The Kier molecular flexibility index (Phi) is 5.86. The molecule has 6 nitrogen and oxygen atoms in total. The molecule has 6 heteroatoms. The summed E-state index contributed by atoms with van der Waals surface area (Å²) in [5.41, 5.74) is 3.45. The number of benzene rings is 2. The van der Waals surface area contributed by atoms with Gasteiger partial charge < -0.3 is 21.3 Å². The van der Waals surface area contributed by atoms with Crippen molar-refractivity contribution in [2.75, 3.05) is 23.7 Å². The molecule has 4 N–H and O–H groups in total.